The average molecular weight is 482 g/mol. The topological polar surface area (TPSA) is 97.1 Å². The van der Waals surface area contributed by atoms with E-state index in [1.54, 1.807) is 7.11 Å². The number of halogens is 1. The minimum atomic E-state index is -1.05. The molecule has 0 aromatic heterocycles. The summed E-state index contributed by atoms with van der Waals surface area (Å²) in [6.07, 6.45) is 7.11. The normalized spacial score (nSPS) is 23.8. The van der Waals surface area contributed by atoms with E-state index < -0.39 is 5.60 Å². The second-order valence-corrected chi connectivity index (χ2v) is 9.92. The summed E-state index contributed by atoms with van der Waals surface area (Å²) in [7, 11) is 1.69. The molecule has 2 aliphatic heterocycles. The van der Waals surface area contributed by atoms with Crippen LogP contribution in [0.1, 0.15) is 56.9 Å². The van der Waals surface area contributed by atoms with Crippen LogP contribution in [-0.2, 0) is 15.1 Å². The number of amides is 2. The minimum Gasteiger partial charge on any atom is -0.385 e. The number of nitrogens with two attached hydrogens (primary N) is 1. The highest BCUT2D eigenvalue weighted by atomic mass is 35.5. The minimum absolute atomic E-state index is 0.0708. The fourth-order valence-electron chi connectivity index (χ4n) is 5.12. The zero-order chi connectivity index (χ0) is 23.7. The Morgan fingerprint density at radius 3 is 2.97 bits per heavy atom. The molecule has 0 bridgehead atoms. The van der Waals surface area contributed by atoms with Crippen molar-refractivity contribution in [1.29, 1.82) is 0 Å². The van der Waals surface area contributed by atoms with E-state index in [0.717, 1.165) is 57.1 Å². The highest BCUT2D eigenvalue weighted by Gasteiger charge is 2.41. The van der Waals surface area contributed by atoms with Crippen molar-refractivity contribution in [3.8, 4) is 0 Å². The third kappa shape index (κ3) is 7.55. The fraction of sp³-hybridized carbons (Fsp3) is 0.720. The van der Waals surface area contributed by atoms with E-state index in [0.29, 0.717) is 37.7 Å². The number of methoxy groups -OCH3 is 1. The number of hydrogen-bond acceptors (Lipinski definition) is 5. The van der Waals surface area contributed by atoms with Gasteiger partial charge in [0, 0.05) is 56.9 Å². The van der Waals surface area contributed by atoms with E-state index in [9.17, 15) is 9.90 Å². The van der Waals surface area contributed by atoms with Crippen molar-refractivity contribution in [2.45, 2.75) is 69.1 Å². The number of unbranched alkanes of at least 4 members (excludes halogenated alkanes) is 1. The first-order valence-corrected chi connectivity index (χ1v) is 12.7. The molecule has 2 saturated heterocycles. The molecule has 4 N–H and O–H groups in total. The first-order chi connectivity index (χ1) is 15.9. The number of nitrogens with one attached hydrogen (secondary N) is 1. The molecule has 186 valence electrons. The lowest BCUT2D eigenvalue weighted by molar-refractivity contribution is -0.0563. The van der Waals surface area contributed by atoms with Gasteiger partial charge in [0.15, 0.2) is 0 Å². The summed E-state index contributed by atoms with van der Waals surface area (Å²) in [5.41, 5.74) is 5.99. The smallest absolute Gasteiger partial charge is 0.317 e. The Bertz CT molecular complexity index is 746. The molecule has 2 aliphatic rings. The van der Waals surface area contributed by atoms with Crippen molar-refractivity contribution < 1.29 is 19.4 Å². The lowest BCUT2D eigenvalue weighted by Crippen LogP contribution is -2.52. The van der Waals surface area contributed by atoms with E-state index in [1.165, 1.54) is 0 Å². The van der Waals surface area contributed by atoms with Gasteiger partial charge in [0.05, 0.1) is 11.7 Å². The maximum Gasteiger partial charge on any atom is 0.317 e. The number of piperidine rings is 1. The van der Waals surface area contributed by atoms with Gasteiger partial charge in [0.2, 0.25) is 0 Å². The molecule has 3 rings (SSSR count). The quantitative estimate of drug-likeness (QED) is 0.419. The summed E-state index contributed by atoms with van der Waals surface area (Å²) in [4.78, 5) is 14.7. The molecule has 7 nitrogen and oxygen atoms in total. The van der Waals surface area contributed by atoms with Crippen molar-refractivity contribution in [2.75, 3.05) is 40.0 Å². The van der Waals surface area contributed by atoms with Gasteiger partial charge < -0.3 is 30.5 Å². The van der Waals surface area contributed by atoms with Gasteiger partial charge in [0.25, 0.3) is 0 Å². The van der Waals surface area contributed by atoms with Crippen molar-refractivity contribution >= 4 is 17.6 Å². The summed E-state index contributed by atoms with van der Waals surface area (Å²) in [5.74, 6) is -0.0708. The zero-order valence-electron chi connectivity index (χ0n) is 19.8. The van der Waals surface area contributed by atoms with Gasteiger partial charge in [-0.25, -0.2) is 4.79 Å². The number of ether oxygens (including phenoxy) is 2. The van der Waals surface area contributed by atoms with Crippen molar-refractivity contribution in [1.82, 2.24) is 10.2 Å². The Morgan fingerprint density at radius 2 is 2.24 bits per heavy atom. The molecule has 0 aliphatic carbocycles. The predicted octanol–water partition coefficient (Wildman–Crippen LogP) is 3.66. The molecule has 2 fully saturated rings. The van der Waals surface area contributed by atoms with Gasteiger partial charge in [-0.2, -0.15) is 0 Å². The second-order valence-electron chi connectivity index (χ2n) is 9.49. The summed E-state index contributed by atoms with van der Waals surface area (Å²) >= 11 is 6.26. The number of carbonyl (C=O) groups excluding carboxylic acids is 1. The molecule has 0 radical (unpaired) electrons. The summed E-state index contributed by atoms with van der Waals surface area (Å²) in [5, 5.41) is 15.5. The third-order valence-electron chi connectivity index (χ3n) is 6.97. The van der Waals surface area contributed by atoms with Gasteiger partial charge in [-0.1, -0.05) is 23.7 Å². The van der Waals surface area contributed by atoms with Crippen LogP contribution in [0.3, 0.4) is 0 Å². The summed E-state index contributed by atoms with van der Waals surface area (Å²) in [6, 6.07) is 7.24. The van der Waals surface area contributed by atoms with Crippen LogP contribution in [-0.4, -0.2) is 68.1 Å². The molecule has 1 unspecified atom stereocenters. The van der Waals surface area contributed by atoms with Gasteiger partial charge in [-0.3, -0.25) is 0 Å². The Morgan fingerprint density at radius 1 is 1.39 bits per heavy atom. The maximum absolute atomic E-state index is 12.9. The molecule has 33 heavy (non-hydrogen) atoms. The molecule has 0 saturated carbocycles. The number of nitrogens with zero attached hydrogens (tertiary/aromatic N) is 1. The Labute approximate surface area is 202 Å². The SMILES string of the molecule is COCCCC[C@@](O)(c1cccc(Cl)c1)[C@@H]1CCCN(C(=O)NC[C@@H](N)CC2CCCO2)C1. The van der Waals surface area contributed by atoms with E-state index in [2.05, 4.69) is 5.32 Å². The molecular formula is C25H40ClN3O4. The molecule has 2 heterocycles. The summed E-state index contributed by atoms with van der Waals surface area (Å²) < 4.78 is 10.8. The average Bonchev–Trinajstić information content (AvgIpc) is 3.33. The Balaban J connectivity index is 1.61. The van der Waals surface area contributed by atoms with Crippen molar-refractivity contribution in [2.24, 2.45) is 11.7 Å². The van der Waals surface area contributed by atoms with Crippen molar-refractivity contribution in [3.05, 3.63) is 34.9 Å². The number of benzene rings is 1. The molecule has 8 heteroatoms. The number of aliphatic hydroxyl groups is 1. The highest BCUT2D eigenvalue weighted by molar-refractivity contribution is 6.30. The first-order valence-electron chi connectivity index (χ1n) is 12.3. The van der Waals surface area contributed by atoms with E-state index >= 15 is 0 Å². The van der Waals surface area contributed by atoms with Crippen LogP contribution in [0.4, 0.5) is 4.79 Å². The second kappa shape index (κ2) is 12.9. The van der Waals surface area contributed by atoms with E-state index in [1.807, 2.05) is 29.2 Å². The lowest BCUT2D eigenvalue weighted by atomic mass is 9.74. The molecule has 4 atom stereocenters. The Hall–Kier alpha value is -1.38. The largest absolute Gasteiger partial charge is 0.385 e. The van der Waals surface area contributed by atoms with Gasteiger partial charge in [-0.15, -0.1) is 0 Å². The van der Waals surface area contributed by atoms with Crippen LogP contribution in [0.25, 0.3) is 0 Å². The lowest BCUT2D eigenvalue weighted by Gasteiger charge is -2.43. The van der Waals surface area contributed by atoms with Crippen LogP contribution < -0.4 is 11.1 Å². The Kier molecular flexibility index (Phi) is 10.3. The van der Waals surface area contributed by atoms with Crippen LogP contribution in [0.5, 0.6) is 0 Å². The van der Waals surface area contributed by atoms with Gasteiger partial charge in [0.1, 0.15) is 0 Å². The maximum atomic E-state index is 12.9. The number of rotatable bonds is 11. The van der Waals surface area contributed by atoms with E-state index in [4.69, 9.17) is 26.8 Å². The standard InChI is InChI=1S/C25H40ClN3O4/c1-32-13-3-2-11-25(31,19-7-4-9-21(26)15-19)20-8-5-12-29(18-20)24(30)28-17-22(27)16-23-10-6-14-33-23/h4,7,9,15,20,22-23,31H,2-3,5-6,8,10-14,16-18,27H2,1H3,(H,28,30)/t20-,22+,23?,25-/m1/s1. The number of urea groups is 1. The van der Waals surface area contributed by atoms with Crippen LogP contribution in [0.15, 0.2) is 24.3 Å². The van der Waals surface area contributed by atoms with Crippen LogP contribution >= 0.6 is 11.6 Å². The zero-order valence-corrected chi connectivity index (χ0v) is 20.6. The third-order valence-corrected chi connectivity index (χ3v) is 7.21. The van der Waals surface area contributed by atoms with E-state index in [-0.39, 0.29) is 24.1 Å². The fourth-order valence-corrected chi connectivity index (χ4v) is 5.31. The molecule has 0 spiro atoms. The molecule has 1 aromatic carbocycles. The molecule has 1 aromatic rings. The van der Waals surface area contributed by atoms with Crippen LogP contribution in [0, 0.1) is 5.92 Å². The van der Waals surface area contributed by atoms with Crippen LogP contribution in [0.2, 0.25) is 5.02 Å². The highest BCUT2D eigenvalue weighted by Crippen LogP contribution is 2.40. The predicted molar refractivity (Wildman–Crippen MR) is 130 cm³/mol. The monoisotopic (exact) mass is 481 g/mol. The van der Waals surface area contributed by atoms with Gasteiger partial charge >= 0.3 is 6.03 Å². The number of hydrogen-bond donors (Lipinski definition) is 3. The first kappa shape index (κ1) is 26.2. The molecule has 2 amide bonds. The van der Waals surface area contributed by atoms with Crippen molar-refractivity contribution in [3.63, 3.8) is 0 Å². The van der Waals surface area contributed by atoms with Gasteiger partial charge in [-0.05, 0) is 69.1 Å². The number of likely N-dealkylation sites (tertiary alicyclic amines) is 1. The summed E-state index contributed by atoms with van der Waals surface area (Å²) in [6.45, 7) is 3.07. The number of carbonyl (C=O) groups is 1. The molecular weight excluding hydrogens is 442 g/mol.